The lowest BCUT2D eigenvalue weighted by atomic mass is 10.2. The standard InChI is InChI=1S/C6H12BrNO3S/c1-5-6(9)2-3-8(5)12(10,11)4-7/h5-6,9H,2-4H2,1H3/t5-,6+/m0/s1. The zero-order valence-corrected chi connectivity index (χ0v) is 9.18. The predicted molar refractivity (Wildman–Crippen MR) is 49.5 cm³/mol. The van der Waals surface area contributed by atoms with Crippen LogP contribution in [0.4, 0.5) is 0 Å². The summed E-state index contributed by atoms with van der Waals surface area (Å²) in [5, 5.41) is 9.31. The maximum atomic E-state index is 11.3. The average Bonchev–Trinajstić information content (AvgIpc) is 2.33. The molecule has 0 amide bonds. The Hall–Kier alpha value is 0.350. The van der Waals surface area contributed by atoms with Crippen molar-refractivity contribution in [3.63, 3.8) is 0 Å². The summed E-state index contributed by atoms with van der Waals surface area (Å²) < 4.78 is 23.9. The van der Waals surface area contributed by atoms with E-state index in [0.717, 1.165) is 0 Å². The maximum Gasteiger partial charge on any atom is 0.224 e. The van der Waals surface area contributed by atoms with Crippen LogP contribution in [0.2, 0.25) is 0 Å². The van der Waals surface area contributed by atoms with Gasteiger partial charge in [-0.2, -0.15) is 4.31 Å². The van der Waals surface area contributed by atoms with Gasteiger partial charge in [-0.05, 0) is 13.3 Å². The van der Waals surface area contributed by atoms with Gasteiger partial charge in [0, 0.05) is 12.6 Å². The number of hydrogen-bond donors (Lipinski definition) is 1. The second-order valence-corrected chi connectivity index (χ2v) is 6.15. The number of nitrogens with zero attached hydrogens (tertiary/aromatic N) is 1. The molecule has 0 saturated carbocycles. The number of aliphatic hydroxyl groups is 1. The Kier molecular flexibility index (Phi) is 3.14. The minimum absolute atomic E-state index is 0.0724. The van der Waals surface area contributed by atoms with Crippen LogP contribution in [0.25, 0.3) is 0 Å². The van der Waals surface area contributed by atoms with Crippen molar-refractivity contribution in [2.24, 2.45) is 0 Å². The fraction of sp³-hybridized carbons (Fsp3) is 1.00. The Morgan fingerprint density at radius 3 is 2.58 bits per heavy atom. The van der Waals surface area contributed by atoms with Gasteiger partial charge in [0.15, 0.2) is 0 Å². The Bertz CT molecular complexity index is 254. The molecule has 1 aliphatic heterocycles. The van der Waals surface area contributed by atoms with Gasteiger partial charge in [0.1, 0.15) is 4.66 Å². The van der Waals surface area contributed by atoms with Crippen molar-refractivity contribution >= 4 is 26.0 Å². The molecule has 0 bridgehead atoms. The molecular weight excluding hydrogens is 246 g/mol. The Labute approximate surface area is 80.7 Å². The molecule has 1 heterocycles. The Morgan fingerprint density at radius 2 is 2.25 bits per heavy atom. The molecule has 72 valence electrons. The minimum atomic E-state index is -3.19. The zero-order valence-electron chi connectivity index (χ0n) is 6.77. The highest BCUT2D eigenvalue weighted by Gasteiger charge is 2.36. The van der Waals surface area contributed by atoms with Gasteiger partial charge in [-0.3, -0.25) is 0 Å². The van der Waals surface area contributed by atoms with Crippen LogP contribution in [0.3, 0.4) is 0 Å². The first kappa shape index (κ1) is 10.4. The summed E-state index contributed by atoms with van der Waals surface area (Å²) >= 11 is 2.92. The Balaban J connectivity index is 2.79. The van der Waals surface area contributed by atoms with Gasteiger partial charge in [-0.1, -0.05) is 15.9 Å². The van der Waals surface area contributed by atoms with Gasteiger partial charge in [-0.25, -0.2) is 8.42 Å². The Morgan fingerprint density at radius 1 is 1.67 bits per heavy atom. The molecule has 0 aromatic carbocycles. The molecule has 0 aromatic heterocycles. The lowest BCUT2D eigenvalue weighted by Gasteiger charge is -2.20. The van der Waals surface area contributed by atoms with E-state index in [1.807, 2.05) is 0 Å². The summed E-state index contributed by atoms with van der Waals surface area (Å²) in [6, 6.07) is -0.285. The molecule has 12 heavy (non-hydrogen) atoms. The molecule has 1 fully saturated rings. The molecule has 0 aliphatic carbocycles. The number of alkyl halides is 1. The van der Waals surface area contributed by atoms with Gasteiger partial charge in [0.25, 0.3) is 0 Å². The molecule has 0 unspecified atom stereocenters. The molecule has 0 radical (unpaired) electrons. The monoisotopic (exact) mass is 257 g/mol. The fourth-order valence-electron chi connectivity index (χ4n) is 1.35. The van der Waals surface area contributed by atoms with Crippen LogP contribution in [0, 0.1) is 0 Å². The SMILES string of the molecule is C[C@H]1[C@H](O)CCN1S(=O)(=O)CBr. The van der Waals surface area contributed by atoms with Crippen LogP contribution in [0.15, 0.2) is 0 Å². The number of sulfonamides is 1. The van der Waals surface area contributed by atoms with E-state index in [1.54, 1.807) is 6.92 Å². The van der Waals surface area contributed by atoms with Crippen LogP contribution in [0.5, 0.6) is 0 Å². The first-order valence-electron chi connectivity index (χ1n) is 3.72. The van der Waals surface area contributed by atoms with Gasteiger partial charge < -0.3 is 5.11 Å². The van der Waals surface area contributed by atoms with Crippen LogP contribution in [-0.4, -0.2) is 41.2 Å². The van der Waals surface area contributed by atoms with Crippen LogP contribution in [0.1, 0.15) is 13.3 Å². The summed E-state index contributed by atoms with van der Waals surface area (Å²) in [6.07, 6.45) is 0.0201. The summed E-state index contributed by atoms with van der Waals surface area (Å²) in [5.74, 6) is 0. The molecule has 0 spiro atoms. The van der Waals surface area contributed by atoms with E-state index in [0.29, 0.717) is 13.0 Å². The molecule has 2 atom stereocenters. The van der Waals surface area contributed by atoms with Crippen LogP contribution in [-0.2, 0) is 10.0 Å². The van der Waals surface area contributed by atoms with Crippen LogP contribution >= 0.6 is 15.9 Å². The second kappa shape index (κ2) is 3.61. The lowest BCUT2D eigenvalue weighted by molar-refractivity contribution is 0.151. The van der Waals surface area contributed by atoms with Crippen molar-refractivity contribution < 1.29 is 13.5 Å². The highest BCUT2D eigenvalue weighted by atomic mass is 79.9. The highest BCUT2D eigenvalue weighted by Crippen LogP contribution is 2.21. The summed E-state index contributed by atoms with van der Waals surface area (Å²) in [5.41, 5.74) is 0. The number of rotatable bonds is 2. The number of hydrogen-bond acceptors (Lipinski definition) is 3. The van der Waals surface area contributed by atoms with E-state index in [9.17, 15) is 13.5 Å². The lowest BCUT2D eigenvalue weighted by Crippen LogP contribution is -2.37. The third-order valence-corrected chi connectivity index (χ3v) is 5.39. The van der Waals surface area contributed by atoms with E-state index in [1.165, 1.54) is 4.31 Å². The molecule has 1 rings (SSSR count). The first-order chi connectivity index (χ1) is 5.49. The van der Waals surface area contributed by atoms with Gasteiger partial charge in [0.05, 0.1) is 6.10 Å². The number of halogens is 1. The van der Waals surface area contributed by atoms with E-state index >= 15 is 0 Å². The minimum Gasteiger partial charge on any atom is -0.391 e. The van der Waals surface area contributed by atoms with Crippen LogP contribution < -0.4 is 0 Å². The fourth-order valence-corrected chi connectivity index (χ4v) is 3.30. The van der Waals surface area contributed by atoms with E-state index in [-0.39, 0.29) is 10.7 Å². The largest absolute Gasteiger partial charge is 0.391 e. The van der Waals surface area contributed by atoms with Crippen molar-refractivity contribution in [3.8, 4) is 0 Å². The zero-order chi connectivity index (χ0) is 9.35. The molecule has 0 aromatic rings. The van der Waals surface area contributed by atoms with Gasteiger partial charge in [0.2, 0.25) is 10.0 Å². The normalized spacial score (nSPS) is 32.6. The predicted octanol–water partition coefficient (Wildman–Crippen LogP) is 0.124. The molecule has 1 aliphatic rings. The summed E-state index contributed by atoms with van der Waals surface area (Å²) in [6.45, 7) is 2.15. The topological polar surface area (TPSA) is 57.6 Å². The van der Waals surface area contributed by atoms with E-state index in [2.05, 4.69) is 15.9 Å². The third kappa shape index (κ3) is 1.81. The van der Waals surface area contributed by atoms with Crippen molar-refractivity contribution in [1.29, 1.82) is 0 Å². The molecular formula is C6H12BrNO3S. The quantitative estimate of drug-likeness (QED) is 0.716. The first-order valence-corrected chi connectivity index (χ1v) is 6.45. The molecule has 6 heteroatoms. The maximum absolute atomic E-state index is 11.3. The van der Waals surface area contributed by atoms with Crippen molar-refractivity contribution in [2.75, 3.05) is 11.2 Å². The summed E-state index contributed by atoms with van der Waals surface area (Å²) in [4.78, 5) is 0. The highest BCUT2D eigenvalue weighted by molar-refractivity contribution is 9.10. The summed E-state index contributed by atoms with van der Waals surface area (Å²) in [7, 11) is -3.19. The number of aliphatic hydroxyl groups excluding tert-OH is 1. The van der Waals surface area contributed by atoms with E-state index in [4.69, 9.17) is 0 Å². The van der Waals surface area contributed by atoms with Crippen molar-refractivity contribution in [1.82, 2.24) is 4.31 Å². The van der Waals surface area contributed by atoms with E-state index < -0.39 is 16.1 Å². The van der Waals surface area contributed by atoms with Gasteiger partial charge >= 0.3 is 0 Å². The third-order valence-electron chi connectivity index (χ3n) is 2.15. The average molecular weight is 258 g/mol. The smallest absolute Gasteiger partial charge is 0.224 e. The molecule has 1 saturated heterocycles. The second-order valence-electron chi connectivity index (χ2n) is 2.93. The molecule has 1 N–H and O–H groups in total. The van der Waals surface area contributed by atoms with Gasteiger partial charge in [-0.15, -0.1) is 0 Å². The molecule has 4 nitrogen and oxygen atoms in total. The van der Waals surface area contributed by atoms with Crippen molar-refractivity contribution in [3.05, 3.63) is 0 Å². The van der Waals surface area contributed by atoms with Crippen molar-refractivity contribution in [2.45, 2.75) is 25.5 Å².